The number of carboxylic acids is 1. The molecule has 0 atom stereocenters. The lowest BCUT2D eigenvalue weighted by atomic mass is 9.80. The summed E-state index contributed by atoms with van der Waals surface area (Å²) in [6.45, 7) is 7.67. The Kier molecular flexibility index (Phi) is 7.03. The zero-order valence-corrected chi connectivity index (χ0v) is 16.7. The lowest BCUT2D eigenvalue weighted by Gasteiger charge is -2.24. The molecular weight excluding hydrogens is 338 g/mol. The third kappa shape index (κ3) is 5.33. The number of aryl methyl sites for hydroxylation is 2. The largest absolute Gasteiger partial charge is 0.481 e. The standard InChI is InChI=1S/C23H31NO3/c1-16(2)24-21-11-6-5-8-18(21)9-7-10-19-14-17(15-25)12-13-20(19)23(3,4)22(26)27/h5-6,8,11-14,16,24-25H,7,9-10,15H2,1-4H3,(H,26,27). The Labute approximate surface area is 162 Å². The normalized spacial score (nSPS) is 11.6. The van der Waals surface area contributed by atoms with Crippen LogP contribution in [0.4, 0.5) is 5.69 Å². The van der Waals surface area contributed by atoms with Crippen molar-refractivity contribution in [1.82, 2.24) is 0 Å². The number of para-hydroxylation sites is 1. The van der Waals surface area contributed by atoms with Crippen molar-refractivity contribution in [1.29, 1.82) is 0 Å². The molecule has 0 aliphatic carbocycles. The molecule has 2 rings (SSSR count). The van der Waals surface area contributed by atoms with Gasteiger partial charge in [-0.25, -0.2) is 0 Å². The molecule has 0 aromatic heterocycles. The van der Waals surface area contributed by atoms with Gasteiger partial charge in [-0.2, -0.15) is 0 Å². The summed E-state index contributed by atoms with van der Waals surface area (Å²) in [5, 5.41) is 22.6. The number of hydrogen-bond donors (Lipinski definition) is 3. The van der Waals surface area contributed by atoms with Crippen molar-refractivity contribution >= 4 is 11.7 Å². The summed E-state index contributed by atoms with van der Waals surface area (Å²) in [5.41, 5.74) is 4.10. The molecule has 3 N–H and O–H groups in total. The molecule has 0 aliphatic rings. The van der Waals surface area contributed by atoms with Gasteiger partial charge in [-0.3, -0.25) is 4.79 Å². The van der Waals surface area contributed by atoms with E-state index in [0.717, 1.165) is 41.6 Å². The Bertz CT molecular complexity index is 781. The molecule has 2 aromatic rings. The average Bonchev–Trinajstić information content (AvgIpc) is 2.62. The van der Waals surface area contributed by atoms with Crippen molar-refractivity contribution in [3.8, 4) is 0 Å². The SMILES string of the molecule is CC(C)Nc1ccccc1CCCc1cc(CO)ccc1C(C)(C)C(=O)O. The van der Waals surface area contributed by atoms with Crippen molar-refractivity contribution in [3.05, 3.63) is 64.7 Å². The van der Waals surface area contributed by atoms with Crippen LogP contribution >= 0.6 is 0 Å². The fraction of sp³-hybridized carbons (Fsp3) is 0.435. The lowest BCUT2D eigenvalue weighted by Crippen LogP contribution is -2.30. The molecule has 27 heavy (non-hydrogen) atoms. The van der Waals surface area contributed by atoms with Crippen LogP contribution in [0.25, 0.3) is 0 Å². The van der Waals surface area contributed by atoms with Crippen LogP contribution in [0, 0.1) is 0 Å². The van der Waals surface area contributed by atoms with Gasteiger partial charge in [-0.1, -0.05) is 36.4 Å². The van der Waals surface area contributed by atoms with Crippen molar-refractivity contribution in [3.63, 3.8) is 0 Å². The van der Waals surface area contributed by atoms with Gasteiger partial charge in [0, 0.05) is 11.7 Å². The van der Waals surface area contributed by atoms with Crippen molar-refractivity contribution in [2.75, 3.05) is 5.32 Å². The van der Waals surface area contributed by atoms with E-state index >= 15 is 0 Å². The molecule has 4 heteroatoms. The highest BCUT2D eigenvalue weighted by Gasteiger charge is 2.31. The molecule has 0 bridgehead atoms. The second kappa shape index (κ2) is 9.05. The van der Waals surface area contributed by atoms with E-state index in [1.54, 1.807) is 13.8 Å². The zero-order valence-electron chi connectivity index (χ0n) is 16.7. The van der Waals surface area contributed by atoms with Gasteiger partial charge >= 0.3 is 5.97 Å². The molecule has 0 spiro atoms. The third-order valence-electron chi connectivity index (χ3n) is 4.91. The molecule has 0 radical (unpaired) electrons. The van der Waals surface area contributed by atoms with Crippen LogP contribution < -0.4 is 5.32 Å². The number of nitrogens with one attached hydrogen (secondary N) is 1. The minimum Gasteiger partial charge on any atom is -0.481 e. The number of aliphatic hydroxyl groups excluding tert-OH is 1. The van der Waals surface area contributed by atoms with Crippen LogP contribution in [0.3, 0.4) is 0 Å². The number of rotatable bonds is 9. The number of aliphatic hydroxyl groups is 1. The molecule has 2 aromatic carbocycles. The van der Waals surface area contributed by atoms with Crippen LogP contribution in [-0.2, 0) is 29.7 Å². The average molecular weight is 370 g/mol. The summed E-state index contributed by atoms with van der Waals surface area (Å²) >= 11 is 0. The smallest absolute Gasteiger partial charge is 0.313 e. The van der Waals surface area contributed by atoms with Crippen LogP contribution in [0.5, 0.6) is 0 Å². The van der Waals surface area contributed by atoms with Gasteiger partial charge in [-0.05, 0) is 75.3 Å². The topological polar surface area (TPSA) is 69.6 Å². The summed E-state index contributed by atoms with van der Waals surface area (Å²) in [6.07, 6.45) is 2.59. The van der Waals surface area contributed by atoms with E-state index in [2.05, 4.69) is 31.3 Å². The Balaban J connectivity index is 2.19. The molecule has 0 fully saturated rings. The van der Waals surface area contributed by atoms with Crippen molar-refractivity contribution in [2.45, 2.75) is 65.0 Å². The first-order valence-electron chi connectivity index (χ1n) is 9.56. The van der Waals surface area contributed by atoms with Gasteiger partial charge in [0.1, 0.15) is 0 Å². The summed E-state index contributed by atoms with van der Waals surface area (Å²) in [7, 11) is 0. The fourth-order valence-corrected chi connectivity index (χ4v) is 3.34. The number of aliphatic carboxylic acids is 1. The lowest BCUT2D eigenvalue weighted by molar-refractivity contribution is -0.142. The van der Waals surface area contributed by atoms with E-state index in [9.17, 15) is 15.0 Å². The molecule has 0 saturated carbocycles. The Morgan fingerprint density at radius 2 is 1.74 bits per heavy atom. The summed E-state index contributed by atoms with van der Waals surface area (Å²) < 4.78 is 0. The molecule has 0 amide bonds. The maximum absolute atomic E-state index is 11.7. The Hall–Kier alpha value is -2.33. The van der Waals surface area contributed by atoms with Crippen molar-refractivity contribution in [2.24, 2.45) is 0 Å². The van der Waals surface area contributed by atoms with Gasteiger partial charge in [0.2, 0.25) is 0 Å². The molecule has 0 unspecified atom stereocenters. The highest BCUT2D eigenvalue weighted by molar-refractivity contribution is 5.80. The minimum absolute atomic E-state index is 0.0398. The van der Waals surface area contributed by atoms with E-state index in [4.69, 9.17) is 0 Å². The molecule has 4 nitrogen and oxygen atoms in total. The van der Waals surface area contributed by atoms with E-state index < -0.39 is 11.4 Å². The fourth-order valence-electron chi connectivity index (χ4n) is 3.34. The highest BCUT2D eigenvalue weighted by Crippen LogP contribution is 2.29. The molecule has 0 saturated heterocycles. The van der Waals surface area contributed by atoms with Gasteiger partial charge < -0.3 is 15.5 Å². The highest BCUT2D eigenvalue weighted by atomic mass is 16.4. The van der Waals surface area contributed by atoms with E-state index in [1.807, 2.05) is 30.3 Å². The second-order valence-electron chi connectivity index (χ2n) is 7.89. The first-order valence-corrected chi connectivity index (χ1v) is 9.56. The number of carbonyl (C=O) groups is 1. The molecule has 0 heterocycles. The first kappa shape index (κ1) is 21.0. The monoisotopic (exact) mass is 369 g/mol. The first-order chi connectivity index (χ1) is 12.8. The maximum Gasteiger partial charge on any atom is 0.313 e. The predicted octanol–water partition coefficient (Wildman–Crippen LogP) is 4.54. The maximum atomic E-state index is 11.7. The number of anilines is 1. The Morgan fingerprint density at radius 1 is 1.07 bits per heavy atom. The number of hydrogen-bond acceptors (Lipinski definition) is 3. The van der Waals surface area contributed by atoms with Crippen molar-refractivity contribution < 1.29 is 15.0 Å². The summed E-state index contributed by atoms with van der Waals surface area (Å²) in [6, 6.07) is 14.3. The summed E-state index contributed by atoms with van der Waals surface area (Å²) in [5.74, 6) is -0.841. The van der Waals surface area contributed by atoms with Crippen LogP contribution in [0.2, 0.25) is 0 Å². The second-order valence-corrected chi connectivity index (χ2v) is 7.89. The van der Waals surface area contributed by atoms with Crippen LogP contribution in [0.15, 0.2) is 42.5 Å². The van der Waals surface area contributed by atoms with E-state index in [0.29, 0.717) is 6.04 Å². The predicted molar refractivity (Wildman–Crippen MR) is 110 cm³/mol. The molecule has 146 valence electrons. The quantitative estimate of drug-likeness (QED) is 0.607. The third-order valence-corrected chi connectivity index (χ3v) is 4.91. The summed E-state index contributed by atoms with van der Waals surface area (Å²) in [4.78, 5) is 11.7. The minimum atomic E-state index is -0.958. The molecule has 0 aliphatic heterocycles. The van der Waals surface area contributed by atoms with Crippen LogP contribution in [-0.4, -0.2) is 22.2 Å². The van der Waals surface area contributed by atoms with Gasteiger partial charge in [0.05, 0.1) is 12.0 Å². The Morgan fingerprint density at radius 3 is 2.37 bits per heavy atom. The number of benzene rings is 2. The van der Waals surface area contributed by atoms with Crippen LogP contribution in [0.1, 0.15) is 56.4 Å². The van der Waals surface area contributed by atoms with Gasteiger partial charge in [-0.15, -0.1) is 0 Å². The molecular formula is C23H31NO3. The van der Waals surface area contributed by atoms with E-state index in [1.165, 1.54) is 5.56 Å². The van der Waals surface area contributed by atoms with Gasteiger partial charge in [0.25, 0.3) is 0 Å². The number of carboxylic acid groups (broad SMARTS) is 1. The zero-order chi connectivity index (χ0) is 20.0. The van der Waals surface area contributed by atoms with Gasteiger partial charge in [0.15, 0.2) is 0 Å². The van der Waals surface area contributed by atoms with E-state index in [-0.39, 0.29) is 6.61 Å².